The van der Waals surface area contributed by atoms with Crippen LogP contribution in [0.4, 0.5) is 22.0 Å². The SMILES string of the molecule is Cc1cc(CC23CCN(C(=O)C4CCC(C(=O)O)CC4)C2CCc2cc(C(C)(F)C(F)(F)F)ccc23)ccc1F. The Morgan fingerprint density at radius 2 is 1.68 bits per heavy atom. The van der Waals surface area contributed by atoms with E-state index in [2.05, 4.69) is 0 Å². The second-order valence-corrected chi connectivity index (χ2v) is 12.0. The van der Waals surface area contributed by atoms with Crippen LogP contribution in [0.25, 0.3) is 0 Å². The van der Waals surface area contributed by atoms with Gasteiger partial charge in [-0.15, -0.1) is 0 Å². The van der Waals surface area contributed by atoms with Gasteiger partial charge >= 0.3 is 12.1 Å². The fraction of sp³-hybridized carbons (Fsp3) is 0.548. The van der Waals surface area contributed by atoms with Crippen LogP contribution < -0.4 is 0 Å². The molecular formula is C31H34F5NO3. The third kappa shape index (κ3) is 4.79. The molecule has 0 aromatic heterocycles. The summed E-state index contributed by atoms with van der Waals surface area (Å²) in [7, 11) is 0. The molecule has 3 unspecified atom stereocenters. The minimum Gasteiger partial charge on any atom is -0.481 e. The topological polar surface area (TPSA) is 57.6 Å². The van der Waals surface area contributed by atoms with Crippen molar-refractivity contribution in [1.29, 1.82) is 0 Å². The lowest BCUT2D eigenvalue weighted by atomic mass is 9.63. The summed E-state index contributed by atoms with van der Waals surface area (Å²) in [5, 5.41) is 9.34. The number of likely N-dealkylation sites (tertiary alicyclic amines) is 1. The lowest BCUT2D eigenvalue weighted by Gasteiger charge is -2.45. The number of carbonyl (C=O) groups excluding carboxylic acids is 1. The Hall–Kier alpha value is -2.97. The summed E-state index contributed by atoms with van der Waals surface area (Å²) in [4.78, 5) is 27.1. The summed E-state index contributed by atoms with van der Waals surface area (Å²) in [6.07, 6.45) is -1.17. The molecule has 2 aromatic carbocycles. The highest BCUT2D eigenvalue weighted by molar-refractivity contribution is 5.80. The van der Waals surface area contributed by atoms with Crippen molar-refractivity contribution in [2.24, 2.45) is 11.8 Å². The van der Waals surface area contributed by atoms with Crippen molar-refractivity contribution in [3.63, 3.8) is 0 Å². The van der Waals surface area contributed by atoms with Gasteiger partial charge in [0.2, 0.25) is 11.6 Å². The number of hydrogen-bond donors (Lipinski definition) is 1. The molecule has 1 aliphatic heterocycles. The van der Waals surface area contributed by atoms with Gasteiger partial charge < -0.3 is 10.0 Å². The molecule has 9 heteroatoms. The Morgan fingerprint density at radius 3 is 2.30 bits per heavy atom. The van der Waals surface area contributed by atoms with E-state index in [1.165, 1.54) is 18.2 Å². The number of fused-ring (bicyclic) bond motifs is 3. The Bertz CT molecular complexity index is 1310. The number of hydrogen-bond acceptors (Lipinski definition) is 2. The standard InChI is InChI=1S/C31H34F5NO3/c1-18-15-19(3-11-25(18)32)17-30-13-14-37(27(38)20-4-6-21(7-5-20)28(39)40)26(30)12-8-22-16-23(9-10-24(22)30)29(2,33)31(34,35)36/h3,9-11,15-16,20-21,26H,4-8,12-14,17H2,1-2H3,(H,39,40). The van der Waals surface area contributed by atoms with E-state index in [1.54, 1.807) is 25.1 Å². The van der Waals surface area contributed by atoms with E-state index in [0.29, 0.717) is 76.0 Å². The van der Waals surface area contributed by atoms with Crippen LogP contribution in [0.15, 0.2) is 36.4 Å². The van der Waals surface area contributed by atoms with Crippen LogP contribution in [-0.2, 0) is 33.5 Å². The number of nitrogens with zero attached hydrogens (tertiary/aromatic N) is 1. The number of carbonyl (C=O) groups is 2. The molecule has 1 saturated heterocycles. The molecule has 3 atom stereocenters. The highest BCUT2D eigenvalue weighted by atomic mass is 19.4. The molecule has 2 fully saturated rings. The molecule has 2 aromatic rings. The molecule has 2 aliphatic carbocycles. The number of amides is 1. The summed E-state index contributed by atoms with van der Waals surface area (Å²) in [5.74, 6) is -1.86. The summed E-state index contributed by atoms with van der Waals surface area (Å²) >= 11 is 0. The van der Waals surface area contributed by atoms with Crippen molar-refractivity contribution < 1.29 is 36.6 Å². The Kier molecular flexibility index (Phi) is 7.24. The van der Waals surface area contributed by atoms with E-state index >= 15 is 0 Å². The predicted molar refractivity (Wildman–Crippen MR) is 139 cm³/mol. The fourth-order valence-corrected chi connectivity index (χ4v) is 7.29. The van der Waals surface area contributed by atoms with Crippen LogP contribution in [0.3, 0.4) is 0 Å². The van der Waals surface area contributed by atoms with Gasteiger partial charge in [0, 0.05) is 23.9 Å². The number of halogens is 5. The zero-order valence-corrected chi connectivity index (χ0v) is 22.7. The van der Waals surface area contributed by atoms with Crippen LogP contribution in [0, 0.1) is 24.6 Å². The molecule has 1 N–H and O–H groups in total. The lowest BCUT2D eigenvalue weighted by molar-refractivity contribution is -0.228. The van der Waals surface area contributed by atoms with E-state index in [-0.39, 0.29) is 23.7 Å². The van der Waals surface area contributed by atoms with E-state index in [9.17, 15) is 36.6 Å². The van der Waals surface area contributed by atoms with Crippen molar-refractivity contribution in [2.45, 2.75) is 88.5 Å². The van der Waals surface area contributed by atoms with Crippen LogP contribution in [0.1, 0.15) is 73.3 Å². The fourth-order valence-electron chi connectivity index (χ4n) is 7.29. The lowest BCUT2D eigenvalue weighted by Crippen LogP contribution is -2.51. The molecule has 0 bridgehead atoms. The van der Waals surface area contributed by atoms with Crippen molar-refractivity contribution in [1.82, 2.24) is 4.90 Å². The van der Waals surface area contributed by atoms with Gasteiger partial charge in [0.15, 0.2) is 0 Å². The zero-order chi connectivity index (χ0) is 29.0. The molecule has 40 heavy (non-hydrogen) atoms. The zero-order valence-electron chi connectivity index (χ0n) is 22.7. The van der Waals surface area contributed by atoms with Gasteiger partial charge in [-0.1, -0.05) is 30.3 Å². The van der Waals surface area contributed by atoms with Crippen LogP contribution in [0.5, 0.6) is 0 Å². The van der Waals surface area contributed by atoms with Crippen LogP contribution >= 0.6 is 0 Å². The van der Waals surface area contributed by atoms with Gasteiger partial charge in [-0.05, 0) is 99.1 Å². The molecule has 0 radical (unpaired) electrons. The van der Waals surface area contributed by atoms with Gasteiger partial charge in [0.05, 0.1) is 5.92 Å². The number of aryl methyl sites for hydroxylation is 2. The van der Waals surface area contributed by atoms with Gasteiger partial charge in [-0.25, -0.2) is 8.78 Å². The summed E-state index contributed by atoms with van der Waals surface area (Å²) in [6, 6.07) is 8.79. The second-order valence-electron chi connectivity index (χ2n) is 12.0. The third-order valence-corrected chi connectivity index (χ3v) is 9.67. The number of benzene rings is 2. The number of carboxylic acid groups (broad SMARTS) is 1. The number of carboxylic acids is 1. The first-order chi connectivity index (χ1) is 18.7. The molecule has 5 rings (SSSR count). The largest absolute Gasteiger partial charge is 0.481 e. The highest BCUT2D eigenvalue weighted by Gasteiger charge is 2.56. The molecule has 3 aliphatic rings. The monoisotopic (exact) mass is 563 g/mol. The number of aliphatic carboxylic acids is 1. The number of rotatable bonds is 5. The number of alkyl halides is 4. The summed E-state index contributed by atoms with van der Waals surface area (Å²) < 4.78 is 69.5. The van der Waals surface area contributed by atoms with Crippen LogP contribution in [-0.4, -0.2) is 40.6 Å². The molecule has 1 saturated carbocycles. The first-order valence-corrected chi connectivity index (χ1v) is 13.9. The molecule has 1 heterocycles. The first-order valence-electron chi connectivity index (χ1n) is 13.9. The van der Waals surface area contributed by atoms with E-state index in [0.717, 1.165) is 11.1 Å². The Morgan fingerprint density at radius 1 is 1.00 bits per heavy atom. The van der Waals surface area contributed by atoms with Crippen LogP contribution in [0.2, 0.25) is 0 Å². The van der Waals surface area contributed by atoms with Crippen molar-refractivity contribution in [3.05, 3.63) is 70.0 Å². The quantitative estimate of drug-likeness (QED) is 0.407. The maximum atomic E-state index is 14.9. The van der Waals surface area contributed by atoms with Crippen molar-refractivity contribution in [3.8, 4) is 0 Å². The molecule has 216 valence electrons. The maximum Gasteiger partial charge on any atom is 0.426 e. The summed E-state index contributed by atoms with van der Waals surface area (Å²) in [5.41, 5.74) is -1.73. The van der Waals surface area contributed by atoms with E-state index in [1.807, 2.05) is 4.90 Å². The van der Waals surface area contributed by atoms with Crippen molar-refractivity contribution in [2.75, 3.05) is 6.54 Å². The van der Waals surface area contributed by atoms with E-state index in [4.69, 9.17) is 0 Å². The van der Waals surface area contributed by atoms with Gasteiger partial charge in [-0.3, -0.25) is 9.59 Å². The molecule has 4 nitrogen and oxygen atoms in total. The third-order valence-electron chi connectivity index (χ3n) is 9.67. The molecular weight excluding hydrogens is 529 g/mol. The minimum absolute atomic E-state index is 0.000486. The normalized spacial score (nSPS) is 28.0. The summed E-state index contributed by atoms with van der Waals surface area (Å²) in [6.45, 7) is 2.67. The Balaban J connectivity index is 1.51. The minimum atomic E-state index is -5.06. The smallest absolute Gasteiger partial charge is 0.426 e. The average Bonchev–Trinajstić information content (AvgIpc) is 3.28. The Labute approximate surface area is 230 Å². The van der Waals surface area contributed by atoms with Gasteiger partial charge in [0.1, 0.15) is 5.82 Å². The molecule has 0 spiro atoms. The first kappa shape index (κ1) is 28.6. The van der Waals surface area contributed by atoms with Crippen molar-refractivity contribution >= 4 is 11.9 Å². The van der Waals surface area contributed by atoms with Gasteiger partial charge in [0.25, 0.3) is 0 Å². The van der Waals surface area contributed by atoms with Gasteiger partial charge in [-0.2, -0.15) is 13.2 Å². The van der Waals surface area contributed by atoms with E-state index < -0.39 is 34.7 Å². The predicted octanol–water partition coefficient (Wildman–Crippen LogP) is 6.80. The molecule has 1 amide bonds. The second kappa shape index (κ2) is 10.1. The highest BCUT2D eigenvalue weighted by Crippen LogP contribution is 2.51. The maximum absolute atomic E-state index is 14.9. The average molecular weight is 564 g/mol.